The minimum Gasteiger partial charge on any atom is -0.394 e. The number of nitrogens with one attached hydrogen (secondary N) is 1. The number of hydrogen-bond acceptors (Lipinski definition) is 7. The van der Waals surface area contributed by atoms with Crippen LogP contribution in [0.5, 0.6) is 0 Å². The molecule has 2 N–H and O–H groups in total. The number of aromatic nitrogens is 3. The summed E-state index contributed by atoms with van der Waals surface area (Å²) in [4.78, 5) is 5.92. The third-order valence-electron chi connectivity index (χ3n) is 4.66. The third kappa shape index (κ3) is 3.38. The van der Waals surface area contributed by atoms with Crippen molar-refractivity contribution in [2.45, 2.75) is 13.0 Å². The number of anilines is 1. The van der Waals surface area contributed by atoms with Crippen molar-refractivity contribution in [3.05, 3.63) is 40.7 Å². The molecule has 144 valence electrons. The van der Waals surface area contributed by atoms with Gasteiger partial charge in [-0.2, -0.15) is 5.26 Å². The Labute approximate surface area is 171 Å². The highest BCUT2D eigenvalue weighted by Gasteiger charge is 2.29. The van der Waals surface area contributed by atoms with Gasteiger partial charge in [0.2, 0.25) is 0 Å². The van der Waals surface area contributed by atoms with Crippen LogP contribution >= 0.6 is 22.9 Å². The molecule has 0 amide bonds. The number of rotatable bonds is 4. The minimum atomic E-state index is -0.275. The van der Waals surface area contributed by atoms with Crippen LogP contribution in [0.3, 0.4) is 0 Å². The average molecular weight is 416 g/mol. The molecule has 9 heteroatoms. The first-order valence-corrected chi connectivity index (χ1v) is 9.99. The SMILES string of the molecule is Cc1ccc(-c2c(-c3nnc[nH]3)sc(N3CCO[C@H](CO)C3)c2C#N)c(Cl)c1. The second-order valence-corrected chi connectivity index (χ2v) is 7.95. The Morgan fingerprint density at radius 1 is 1.50 bits per heavy atom. The number of aliphatic hydroxyl groups excluding tert-OH is 1. The number of nitriles is 1. The highest BCUT2D eigenvalue weighted by Crippen LogP contribution is 2.48. The zero-order chi connectivity index (χ0) is 19.7. The van der Waals surface area contributed by atoms with E-state index in [0.717, 1.165) is 26.6 Å². The van der Waals surface area contributed by atoms with Gasteiger partial charge in [0.05, 0.1) is 29.8 Å². The van der Waals surface area contributed by atoms with Gasteiger partial charge in [0.25, 0.3) is 0 Å². The molecular weight excluding hydrogens is 398 g/mol. The first-order valence-electron chi connectivity index (χ1n) is 8.79. The fourth-order valence-corrected chi connectivity index (χ4v) is 4.90. The molecule has 7 nitrogen and oxygen atoms in total. The van der Waals surface area contributed by atoms with Crippen LogP contribution in [0.2, 0.25) is 5.02 Å². The third-order valence-corrected chi connectivity index (χ3v) is 6.23. The van der Waals surface area contributed by atoms with Crippen LogP contribution < -0.4 is 4.90 Å². The number of halogens is 1. The maximum absolute atomic E-state index is 10.0. The summed E-state index contributed by atoms with van der Waals surface area (Å²) < 4.78 is 5.56. The van der Waals surface area contributed by atoms with Crippen LogP contribution in [-0.4, -0.2) is 52.7 Å². The van der Waals surface area contributed by atoms with Crippen molar-refractivity contribution in [2.75, 3.05) is 31.2 Å². The van der Waals surface area contributed by atoms with E-state index in [1.165, 1.54) is 17.7 Å². The van der Waals surface area contributed by atoms with E-state index in [-0.39, 0.29) is 12.7 Å². The molecule has 1 atom stereocenters. The largest absolute Gasteiger partial charge is 0.394 e. The number of morpholine rings is 1. The van der Waals surface area contributed by atoms with Crippen LogP contribution in [0.25, 0.3) is 21.8 Å². The van der Waals surface area contributed by atoms with E-state index in [2.05, 4.69) is 26.2 Å². The van der Waals surface area contributed by atoms with Crippen LogP contribution in [0.4, 0.5) is 5.00 Å². The topological polar surface area (TPSA) is 98.1 Å². The molecule has 0 saturated carbocycles. The van der Waals surface area contributed by atoms with Crippen molar-refractivity contribution in [3.8, 4) is 27.9 Å². The van der Waals surface area contributed by atoms with Crippen LogP contribution in [0, 0.1) is 18.3 Å². The van der Waals surface area contributed by atoms with Crippen molar-refractivity contribution in [1.82, 2.24) is 15.2 Å². The van der Waals surface area contributed by atoms with E-state index in [1.54, 1.807) is 0 Å². The number of aryl methyl sites for hydroxylation is 1. The molecule has 1 fully saturated rings. The summed E-state index contributed by atoms with van der Waals surface area (Å²) in [5.41, 5.74) is 3.12. The fraction of sp³-hybridized carbons (Fsp3) is 0.316. The Kier molecular flexibility index (Phi) is 5.33. The lowest BCUT2D eigenvalue weighted by Gasteiger charge is -2.32. The molecule has 2 aromatic heterocycles. The molecule has 1 saturated heterocycles. The molecule has 3 heterocycles. The lowest BCUT2D eigenvalue weighted by atomic mass is 10.00. The van der Waals surface area contributed by atoms with E-state index < -0.39 is 0 Å². The van der Waals surface area contributed by atoms with Gasteiger partial charge >= 0.3 is 0 Å². The predicted octanol–water partition coefficient (Wildman–Crippen LogP) is 3.23. The maximum atomic E-state index is 10.0. The molecule has 0 radical (unpaired) electrons. The summed E-state index contributed by atoms with van der Waals surface area (Å²) in [6, 6.07) is 8.15. The zero-order valence-electron chi connectivity index (χ0n) is 15.1. The Morgan fingerprint density at radius 2 is 2.36 bits per heavy atom. The monoisotopic (exact) mass is 415 g/mol. The molecular formula is C19H18ClN5O2S. The summed E-state index contributed by atoms with van der Waals surface area (Å²) in [5.74, 6) is 0.589. The Morgan fingerprint density at radius 3 is 3.04 bits per heavy atom. The molecule has 0 bridgehead atoms. The number of H-pyrrole nitrogens is 1. The summed E-state index contributed by atoms with van der Waals surface area (Å²) in [6.07, 6.45) is 1.24. The van der Waals surface area contributed by atoms with Gasteiger partial charge < -0.3 is 19.7 Å². The second kappa shape index (κ2) is 7.89. The predicted molar refractivity (Wildman–Crippen MR) is 109 cm³/mol. The number of aliphatic hydroxyl groups is 1. The molecule has 0 spiro atoms. The zero-order valence-corrected chi connectivity index (χ0v) is 16.7. The second-order valence-electron chi connectivity index (χ2n) is 6.54. The molecule has 4 rings (SSSR count). The van der Waals surface area contributed by atoms with Crippen molar-refractivity contribution in [2.24, 2.45) is 0 Å². The normalized spacial score (nSPS) is 16.9. The Balaban J connectivity index is 1.91. The molecule has 28 heavy (non-hydrogen) atoms. The summed E-state index contributed by atoms with van der Waals surface area (Å²) in [6.45, 7) is 3.56. The standard InChI is InChI=1S/C19H18ClN5O2S/c1-11-2-3-13(15(20)6-11)16-14(7-21)19(25-4-5-27-12(8-25)9-26)28-17(16)18-22-10-23-24-18/h2-3,6,10,12,26H,4-5,8-9H2,1H3,(H,22,23,24)/t12-/m0/s1. The molecule has 1 aromatic carbocycles. The Bertz CT molecular complexity index is 1030. The van der Waals surface area contributed by atoms with Crippen LogP contribution in [0.1, 0.15) is 11.1 Å². The van der Waals surface area contributed by atoms with Gasteiger partial charge in [-0.25, -0.2) is 0 Å². The highest BCUT2D eigenvalue weighted by molar-refractivity contribution is 7.20. The van der Waals surface area contributed by atoms with Gasteiger partial charge in [0.15, 0.2) is 5.82 Å². The van der Waals surface area contributed by atoms with E-state index in [1.807, 2.05) is 25.1 Å². The quantitative estimate of drug-likeness (QED) is 0.678. The van der Waals surface area contributed by atoms with E-state index in [0.29, 0.717) is 36.1 Å². The van der Waals surface area contributed by atoms with E-state index >= 15 is 0 Å². The van der Waals surface area contributed by atoms with Crippen molar-refractivity contribution < 1.29 is 9.84 Å². The van der Waals surface area contributed by atoms with Crippen LogP contribution in [0.15, 0.2) is 24.5 Å². The van der Waals surface area contributed by atoms with Gasteiger partial charge in [-0.15, -0.1) is 21.5 Å². The van der Waals surface area contributed by atoms with E-state index in [4.69, 9.17) is 16.3 Å². The maximum Gasteiger partial charge on any atom is 0.171 e. The average Bonchev–Trinajstić information content (AvgIpc) is 3.35. The Hall–Kier alpha value is -2.44. The lowest BCUT2D eigenvalue weighted by Crippen LogP contribution is -2.44. The van der Waals surface area contributed by atoms with E-state index in [9.17, 15) is 10.4 Å². The van der Waals surface area contributed by atoms with Crippen molar-refractivity contribution in [1.29, 1.82) is 5.26 Å². The van der Waals surface area contributed by atoms with Crippen molar-refractivity contribution >= 4 is 27.9 Å². The summed E-state index contributed by atoms with van der Waals surface area (Å²) in [7, 11) is 0. The lowest BCUT2D eigenvalue weighted by molar-refractivity contribution is 0.00373. The number of ether oxygens (including phenoxy) is 1. The summed E-state index contributed by atoms with van der Waals surface area (Å²) >= 11 is 8.02. The molecule has 0 unspecified atom stereocenters. The first-order chi connectivity index (χ1) is 13.6. The minimum absolute atomic E-state index is 0.0601. The summed E-state index contributed by atoms with van der Waals surface area (Å²) in [5, 5.41) is 29.0. The van der Waals surface area contributed by atoms with Gasteiger partial charge in [-0.1, -0.05) is 23.7 Å². The molecule has 1 aliphatic rings. The van der Waals surface area contributed by atoms with Gasteiger partial charge in [-0.05, 0) is 18.6 Å². The van der Waals surface area contributed by atoms with Gasteiger partial charge in [-0.3, -0.25) is 0 Å². The number of nitrogens with zero attached hydrogens (tertiary/aromatic N) is 4. The number of thiophene rings is 1. The first kappa shape index (κ1) is 18.9. The number of aromatic amines is 1. The molecule has 0 aliphatic carbocycles. The fourth-order valence-electron chi connectivity index (χ4n) is 3.32. The number of benzene rings is 1. The van der Waals surface area contributed by atoms with Gasteiger partial charge in [0.1, 0.15) is 17.4 Å². The smallest absolute Gasteiger partial charge is 0.171 e. The molecule has 3 aromatic rings. The van der Waals surface area contributed by atoms with Gasteiger partial charge in [0, 0.05) is 29.2 Å². The van der Waals surface area contributed by atoms with Crippen molar-refractivity contribution in [3.63, 3.8) is 0 Å². The van der Waals surface area contributed by atoms with Crippen LogP contribution in [-0.2, 0) is 4.74 Å². The highest BCUT2D eigenvalue weighted by atomic mass is 35.5. The number of hydrogen-bond donors (Lipinski definition) is 2. The molecule has 1 aliphatic heterocycles.